The Bertz CT molecular complexity index is 350. The molecule has 2 atom stereocenters. The summed E-state index contributed by atoms with van der Waals surface area (Å²) in [6.45, 7) is 12.1. The van der Waals surface area contributed by atoms with Crippen LogP contribution < -0.4 is 5.32 Å². The molecular weight excluding hydrogens is 225 g/mol. The lowest BCUT2D eigenvalue weighted by atomic mass is 9.77. The monoisotopic (exact) mass is 251 g/mol. The highest BCUT2D eigenvalue weighted by molar-refractivity contribution is 5.20. The van der Waals surface area contributed by atoms with E-state index in [4.69, 9.17) is 0 Å². The van der Waals surface area contributed by atoms with E-state index in [1.165, 1.54) is 5.56 Å². The Morgan fingerprint density at radius 1 is 1.17 bits per heavy atom. The third kappa shape index (κ3) is 4.41. The molecule has 102 valence electrons. The standard InChI is InChI=1S/C16H26FN/c1-6-18-15(11-12(2)16(3,4)5)13-7-9-14(17)10-8-13/h7-10,12,15,18H,6,11H2,1-5H3. The minimum absolute atomic E-state index is 0.169. The van der Waals surface area contributed by atoms with Crippen LogP contribution in [0.15, 0.2) is 24.3 Å². The van der Waals surface area contributed by atoms with E-state index in [2.05, 4.69) is 39.9 Å². The van der Waals surface area contributed by atoms with Gasteiger partial charge in [0.25, 0.3) is 0 Å². The van der Waals surface area contributed by atoms with Gasteiger partial charge in [-0.05, 0) is 42.0 Å². The van der Waals surface area contributed by atoms with E-state index in [0.717, 1.165) is 13.0 Å². The van der Waals surface area contributed by atoms with Gasteiger partial charge in [-0.2, -0.15) is 0 Å². The van der Waals surface area contributed by atoms with Gasteiger partial charge in [-0.15, -0.1) is 0 Å². The van der Waals surface area contributed by atoms with Gasteiger partial charge in [0, 0.05) is 6.04 Å². The molecule has 2 unspecified atom stereocenters. The molecule has 0 radical (unpaired) electrons. The number of nitrogens with one attached hydrogen (secondary N) is 1. The molecule has 0 aliphatic rings. The van der Waals surface area contributed by atoms with Crippen molar-refractivity contribution in [1.29, 1.82) is 0 Å². The highest BCUT2D eigenvalue weighted by Gasteiger charge is 2.24. The van der Waals surface area contributed by atoms with Crippen LogP contribution in [0.4, 0.5) is 4.39 Å². The van der Waals surface area contributed by atoms with E-state index in [9.17, 15) is 4.39 Å². The van der Waals surface area contributed by atoms with Gasteiger partial charge in [-0.3, -0.25) is 0 Å². The zero-order valence-corrected chi connectivity index (χ0v) is 12.3. The quantitative estimate of drug-likeness (QED) is 0.809. The first-order valence-electron chi connectivity index (χ1n) is 6.83. The molecule has 0 fully saturated rings. The van der Waals surface area contributed by atoms with E-state index in [1.807, 2.05) is 12.1 Å². The van der Waals surface area contributed by atoms with Gasteiger partial charge in [-0.1, -0.05) is 46.8 Å². The van der Waals surface area contributed by atoms with Crippen molar-refractivity contribution in [3.8, 4) is 0 Å². The van der Waals surface area contributed by atoms with Crippen LogP contribution in [-0.2, 0) is 0 Å². The van der Waals surface area contributed by atoms with E-state index < -0.39 is 0 Å². The van der Waals surface area contributed by atoms with Gasteiger partial charge in [0.1, 0.15) is 5.82 Å². The lowest BCUT2D eigenvalue weighted by molar-refractivity contribution is 0.224. The molecule has 1 aromatic carbocycles. The van der Waals surface area contributed by atoms with Crippen molar-refractivity contribution in [1.82, 2.24) is 5.32 Å². The van der Waals surface area contributed by atoms with Gasteiger partial charge in [0.15, 0.2) is 0 Å². The van der Waals surface area contributed by atoms with Crippen LogP contribution in [0.1, 0.15) is 52.6 Å². The van der Waals surface area contributed by atoms with Crippen LogP contribution in [0.25, 0.3) is 0 Å². The van der Waals surface area contributed by atoms with Crippen molar-refractivity contribution in [2.45, 2.75) is 47.1 Å². The number of benzene rings is 1. The molecule has 0 saturated heterocycles. The Morgan fingerprint density at radius 3 is 2.17 bits per heavy atom. The SMILES string of the molecule is CCNC(CC(C)C(C)(C)C)c1ccc(F)cc1. The lowest BCUT2D eigenvalue weighted by Gasteiger charge is -2.31. The summed E-state index contributed by atoms with van der Waals surface area (Å²) in [5, 5.41) is 3.50. The maximum Gasteiger partial charge on any atom is 0.123 e. The molecule has 0 spiro atoms. The number of rotatable bonds is 5. The summed E-state index contributed by atoms with van der Waals surface area (Å²) in [6.07, 6.45) is 1.07. The molecule has 1 N–H and O–H groups in total. The maximum atomic E-state index is 13.0. The number of halogens is 1. The largest absolute Gasteiger partial charge is 0.310 e. The van der Waals surface area contributed by atoms with Crippen molar-refractivity contribution < 1.29 is 4.39 Å². The summed E-state index contributed by atoms with van der Waals surface area (Å²) in [7, 11) is 0. The Morgan fingerprint density at radius 2 is 1.72 bits per heavy atom. The summed E-state index contributed by atoms with van der Waals surface area (Å²) in [6, 6.07) is 7.17. The summed E-state index contributed by atoms with van der Waals surface area (Å²) in [5.41, 5.74) is 1.47. The first-order valence-corrected chi connectivity index (χ1v) is 6.83. The van der Waals surface area contributed by atoms with Gasteiger partial charge in [0.05, 0.1) is 0 Å². The Hall–Kier alpha value is -0.890. The lowest BCUT2D eigenvalue weighted by Crippen LogP contribution is -2.27. The fourth-order valence-corrected chi connectivity index (χ4v) is 1.99. The van der Waals surface area contributed by atoms with Crippen molar-refractivity contribution >= 4 is 0 Å². The van der Waals surface area contributed by atoms with E-state index >= 15 is 0 Å². The summed E-state index contributed by atoms with van der Waals surface area (Å²) < 4.78 is 13.0. The molecule has 0 aliphatic heterocycles. The van der Waals surface area contributed by atoms with Gasteiger partial charge >= 0.3 is 0 Å². The van der Waals surface area contributed by atoms with Crippen LogP contribution in [-0.4, -0.2) is 6.54 Å². The molecule has 0 aliphatic carbocycles. The summed E-state index contributed by atoms with van der Waals surface area (Å²) >= 11 is 0. The molecule has 1 aromatic rings. The zero-order valence-electron chi connectivity index (χ0n) is 12.3. The Balaban J connectivity index is 2.80. The van der Waals surface area contributed by atoms with Crippen LogP contribution >= 0.6 is 0 Å². The Labute approximate surface area is 111 Å². The Kier molecular flexibility index (Phi) is 5.33. The molecule has 0 bridgehead atoms. The molecule has 0 heterocycles. The van der Waals surface area contributed by atoms with Crippen molar-refractivity contribution in [3.63, 3.8) is 0 Å². The molecule has 0 saturated carbocycles. The second-order valence-corrected chi connectivity index (χ2v) is 6.16. The molecule has 1 rings (SSSR count). The predicted molar refractivity (Wildman–Crippen MR) is 76.1 cm³/mol. The first kappa shape index (κ1) is 15.2. The maximum absolute atomic E-state index is 13.0. The topological polar surface area (TPSA) is 12.0 Å². The normalized spacial score (nSPS) is 15.4. The van der Waals surface area contributed by atoms with Crippen molar-refractivity contribution in [3.05, 3.63) is 35.6 Å². The number of hydrogen-bond acceptors (Lipinski definition) is 1. The first-order chi connectivity index (χ1) is 8.34. The van der Waals surface area contributed by atoms with Crippen LogP contribution in [0, 0.1) is 17.2 Å². The summed E-state index contributed by atoms with van der Waals surface area (Å²) in [5.74, 6) is 0.435. The third-order valence-corrected chi connectivity index (χ3v) is 3.79. The molecule has 2 heteroatoms. The fourth-order valence-electron chi connectivity index (χ4n) is 1.99. The van der Waals surface area contributed by atoms with Gasteiger partial charge in [0.2, 0.25) is 0 Å². The van der Waals surface area contributed by atoms with Crippen molar-refractivity contribution in [2.24, 2.45) is 11.3 Å². The van der Waals surface area contributed by atoms with Gasteiger partial charge in [-0.25, -0.2) is 4.39 Å². The van der Waals surface area contributed by atoms with E-state index in [1.54, 1.807) is 12.1 Å². The predicted octanol–water partition coefficient (Wildman–Crippen LogP) is 4.55. The van der Waals surface area contributed by atoms with Crippen LogP contribution in [0.2, 0.25) is 0 Å². The summed E-state index contributed by atoms with van der Waals surface area (Å²) in [4.78, 5) is 0. The second-order valence-electron chi connectivity index (χ2n) is 6.16. The zero-order chi connectivity index (χ0) is 13.8. The molecule has 18 heavy (non-hydrogen) atoms. The molecule has 0 aromatic heterocycles. The number of hydrogen-bond donors (Lipinski definition) is 1. The molecule has 1 nitrogen and oxygen atoms in total. The minimum atomic E-state index is -0.169. The van der Waals surface area contributed by atoms with Crippen LogP contribution in [0.5, 0.6) is 0 Å². The van der Waals surface area contributed by atoms with Gasteiger partial charge < -0.3 is 5.32 Å². The molecular formula is C16H26FN. The fraction of sp³-hybridized carbons (Fsp3) is 0.625. The average molecular weight is 251 g/mol. The van der Waals surface area contributed by atoms with Crippen LogP contribution in [0.3, 0.4) is 0 Å². The highest BCUT2D eigenvalue weighted by atomic mass is 19.1. The van der Waals surface area contributed by atoms with E-state index in [-0.39, 0.29) is 5.82 Å². The second kappa shape index (κ2) is 6.33. The minimum Gasteiger partial charge on any atom is -0.310 e. The average Bonchev–Trinajstić information content (AvgIpc) is 2.28. The highest BCUT2D eigenvalue weighted by Crippen LogP contribution is 2.33. The smallest absolute Gasteiger partial charge is 0.123 e. The van der Waals surface area contributed by atoms with E-state index in [0.29, 0.717) is 17.4 Å². The van der Waals surface area contributed by atoms with Crippen molar-refractivity contribution in [2.75, 3.05) is 6.54 Å². The molecule has 0 amide bonds. The third-order valence-electron chi connectivity index (χ3n) is 3.79.